The number of hydrogen-bond acceptors (Lipinski definition) is 6. The Bertz CT molecular complexity index is 1230. The van der Waals surface area contributed by atoms with Crippen molar-refractivity contribution in [2.24, 2.45) is 5.92 Å². The second-order valence-corrected chi connectivity index (χ2v) is 10.2. The van der Waals surface area contributed by atoms with Crippen LogP contribution in [0.25, 0.3) is 0 Å². The molecular weight excluding hydrogens is 462 g/mol. The quantitative estimate of drug-likeness (QED) is 0.374. The maximum Gasteiger partial charge on any atom is 0.330 e. The van der Waals surface area contributed by atoms with Crippen LogP contribution >= 0.6 is 11.3 Å². The van der Waals surface area contributed by atoms with Crippen molar-refractivity contribution in [3.63, 3.8) is 0 Å². The molecular formula is C26H35N5O3S. The molecule has 2 heterocycles. The van der Waals surface area contributed by atoms with Crippen molar-refractivity contribution in [1.29, 1.82) is 0 Å². The number of amides is 1. The lowest BCUT2D eigenvalue weighted by Gasteiger charge is -2.27. The molecule has 0 bridgehead atoms. The van der Waals surface area contributed by atoms with Crippen molar-refractivity contribution in [1.82, 2.24) is 14.9 Å². The van der Waals surface area contributed by atoms with Gasteiger partial charge in [0.05, 0.1) is 12.6 Å². The maximum atomic E-state index is 13.3. The minimum Gasteiger partial charge on any atom is -0.383 e. The van der Waals surface area contributed by atoms with Crippen LogP contribution in [0.1, 0.15) is 55.7 Å². The van der Waals surface area contributed by atoms with E-state index in [1.807, 2.05) is 69.5 Å². The minimum absolute atomic E-state index is 0.0547. The van der Waals surface area contributed by atoms with Crippen molar-refractivity contribution >= 4 is 28.7 Å². The van der Waals surface area contributed by atoms with Gasteiger partial charge in [0.15, 0.2) is 0 Å². The van der Waals surface area contributed by atoms with Crippen molar-refractivity contribution < 1.29 is 4.79 Å². The number of benzene rings is 1. The highest BCUT2D eigenvalue weighted by Gasteiger charge is 2.24. The van der Waals surface area contributed by atoms with Crippen molar-refractivity contribution in [3.8, 4) is 0 Å². The molecule has 188 valence electrons. The number of nitrogen functional groups attached to an aromatic ring is 1. The van der Waals surface area contributed by atoms with Gasteiger partial charge in [-0.05, 0) is 36.3 Å². The van der Waals surface area contributed by atoms with Gasteiger partial charge in [-0.25, -0.2) is 4.79 Å². The zero-order valence-electron chi connectivity index (χ0n) is 20.8. The van der Waals surface area contributed by atoms with Gasteiger partial charge in [0.1, 0.15) is 11.5 Å². The lowest BCUT2D eigenvalue weighted by atomic mass is 10.0. The molecule has 1 atom stereocenters. The van der Waals surface area contributed by atoms with Crippen molar-refractivity contribution in [3.05, 3.63) is 78.6 Å². The molecule has 0 aliphatic carbocycles. The number of thiophene rings is 1. The Kier molecular flexibility index (Phi) is 8.92. The van der Waals surface area contributed by atoms with E-state index in [0.717, 1.165) is 28.8 Å². The summed E-state index contributed by atoms with van der Waals surface area (Å²) in [5, 5.41) is 5.12. The zero-order valence-corrected chi connectivity index (χ0v) is 21.7. The number of carbonyl (C=O) groups is 1. The number of aromatic nitrogens is 2. The van der Waals surface area contributed by atoms with Crippen LogP contribution in [0.5, 0.6) is 0 Å². The van der Waals surface area contributed by atoms with Crippen molar-refractivity contribution in [2.45, 2.75) is 53.1 Å². The summed E-state index contributed by atoms with van der Waals surface area (Å²) in [5.74, 6) is 0.00684. The van der Waals surface area contributed by atoms with Crippen LogP contribution in [0.4, 0.5) is 11.5 Å². The molecule has 0 radical (unpaired) electrons. The molecule has 8 nitrogen and oxygen atoms in total. The summed E-state index contributed by atoms with van der Waals surface area (Å²) in [7, 11) is 0. The normalized spacial score (nSPS) is 12.0. The van der Waals surface area contributed by atoms with E-state index < -0.39 is 11.2 Å². The summed E-state index contributed by atoms with van der Waals surface area (Å²) in [4.78, 5) is 43.6. The number of aryl methyl sites for hydroxylation is 1. The molecule has 0 spiro atoms. The molecule has 0 fully saturated rings. The Hall–Kier alpha value is -3.33. The molecule has 3 rings (SSSR count). The SMILES string of the molecule is CCCCN(CC(=O)NC(c1ccc(C)cc1)c1cccs1)c1c(N)n(CC(C)C)c(=O)[nH]c1=O. The highest BCUT2D eigenvalue weighted by Crippen LogP contribution is 2.26. The molecule has 1 amide bonds. The fourth-order valence-corrected chi connectivity index (χ4v) is 4.76. The van der Waals surface area contributed by atoms with Crippen LogP contribution in [-0.2, 0) is 11.3 Å². The zero-order chi connectivity index (χ0) is 25.5. The highest BCUT2D eigenvalue weighted by atomic mass is 32.1. The van der Waals surface area contributed by atoms with E-state index in [1.54, 1.807) is 16.2 Å². The van der Waals surface area contributed by atoms with Gasteiger partial charge in [-0.1, -0.05) is 63.1 Å². The Balaban J connectivity index is 1.92. The van der Waals surface area contributed by atoms with Gasteiger partial charge in [0.25, 0.3) is 5.56 Å². The van der Waals surface area contributed by atoms with E-state index in [2.05, 4.69) is 10.3 Å². The number of aromatic amines is 1. The van der Waals surface area contributed by atoms with E-state index >= 15 is 0 Å². The monoisotopic (exact) mass is 497 g/mol. The highest BCUT2D eigenvalue weighted by molar-refractivity contribution is 7.10. The standard InChI is InChI=1S/C26H35N5O3S/c1-5-6-13-30(23-24(27)31(15-17(2)3)26(34)29-25(23)33)16-21(32)28-22(20-8-7-14-35-20)19-11-9-18(4)10-12-19/h7-12,14,17,22H,5-6,13,15-16,27H2,1-4H3,(H,28,32)(H,29,33,34). The Morgan fingerprint density at radius 2 is 1.91 bits per heavy atom. The van der Waals surface area contributed by atoms with Crippen LogP contribution in [0.15, 0.2) is 51.4 Å². The number of carbonyl (C=O) groups excluding carboxylic acids is 1. The first kappa shape index (κ1) is 26.3. The summed E-state index contributed by atoms with van der Waals surface area (Å²) in [6.07, 6.45) is 1.64. The third-order valence-corrected chi connectivity index (χ3v) is 6.67. The van der Waals surface area contributed by atoms with Gasteiger partial charge in [-0.15, -0.1) is 11.3 Å². The molecule has 9 heteroatoms. The number of H-pyrrole nitrogens is 1. The van der Waals surface area contributed by atoms with Gasteiger partial charge in [0, 0.05) is 18.0 Å². The van der Waals surface area contributed by atoms with Crippen LogP contribution in [-0.4, -0.2) is 28.5 Å². The van der Waals surface area contributed by atoms with E-state index in [0.29, 0.717) is 13.1 Å². The molecule has 0 saturated carbocycles. The van der Waals surface area contributed by atoms with Crippen molar-refractivity contribution in [2.75, 3.05) is 23.7 Å². The predicted molar refractivity (Wildman–Crippen MR) is 143 cm³/mol. The molecule has 0 saturated heterocycles. The van der Waals surface area contributed by atoms with E-state index in [-0.39, 0.29) is 35.9 Å². The second-order valence-electron chi connectivity index (χ2n) is 9.20. The number of nitrogens with one attached hydrogen (secondary N) is 2. The largest absolute Gasteiger partial charge is 0.383 e. The number of rotatable bonds is 11. The van der Waals surface area contributed by atoms with Crippen LogP contribution in [0.3, 0.4) is 0 Å². The molecule has 2 aromatic heterocycles. The smallest absolute Gasteiger partial charge is 0.330 e. The average Bonchev–Trinajstić information content (AvgIpc) is 3.33. The number of hydrogen-bond donors (Lipinski definition) is 3. The fourth-order valence-electron chi connectivity index (χ4n) is 3.96. The lowest BCUT2D eigenvalue weighted by Crippen LogP contribution is -2.44. The van der Waals surface area contributed by atoms with Crippen LogP contribution in [0, 0.1) is 12.8 Å². The summed E-state index contributed by atoms with van der Waals surface area (Å²) >= 11 is 1.57. The predicted octanol–water partition coefficient (Wildman–Crippen LogP) is 3.66. The first-order valence-electron chi connectivity index (χ1n) is 12.0. The van der Waals surface area contributed by atoms with Gasteiger partial charge in [-0.2, -0.15) is 0 Å². The molecule has 4 N–H and O–H groups in total. The van der Waals surface area contributed by atoms with Gasteiger partial charge in [-0.3, -0.25) is 19.1 Å². The Morgan fingerprint density at radius 3 is 2.51 bits per heavy atom. The first-order valence-corrected chi connectivity index (χ1v) is 12.9. The third kappa shape index (κ3) is 6.63. The molecule has 35 heavy (non-hydrogen) atoms. The van der Waals surface area contributed by atoms with E-state index in [4.69, 9.17) is 5.73 Å². The fraction of sp³-hybridized carbons (Fsp3) is 0.423. The summed E-state index contributed by atoms with van der Waals surface area (Å²) in [5.41, 5.74) is 7.50. The molecule has 0 aliphatic heterocycles. The second kappa shape index (κ2) is 11.9. The van der Waals surface area contributed by atoms with E-state index in [1.165, 1.54) is 4.57 Å². The van der Waals surface area contributed by atoms with Gasteiger partial charge < -0.3 is 16.0 Å². The summed E-state index contributed by atoms with van der Waals surface area (Å²) in [6, 6.07) is 11.7. The Morgan fingerprint density at radius 1 is 1.20 bits per heavy atom. The number of nitrogens with zero attached hydrogens (tertiary/aromatic N) is 2. The molecule has 1 aromatic carbocycles. The summed E-state index contributed by atoms with van der Waals surface area (Å²) in [6.45, 7) is 8.77. The number of nitrogens with two attached hydrogens (primary N) is 1. The summed E-state index contributed by atoms with van der Waals surface area (Å²) < 4.78 is 1.37. The molecule has 0 aliphatic rings. The first-order chi connectivity index (χ1) is 16.7. The van der Waals surface area contributed by atoms with Crippen LogP contribution in [0.2, 0.25) is 0 Å². The lowest BCUT2D eigenvalue weighted by molar-refractivity contribution is -0.120. The third-order valence-electron chi connectivity index (χ3n) is 5.74. The minimum atomic E-state index is -0.579. The van der Waals surface area contributed by atoms with Gasteiger partial charge >= 0.3 is 5.69 Å². The molecule has 1 unspecified atom stereocenters. The van der Waals surface area contributed by atoms with Crippen LogP contribution < -0.4 is 27.2 Å². The Labute approximate surface area is 209 Å². The number of anilines is 2. The molecule has 3 aromatic rings. The average molecular weight is 498 g/mol. The van der Waals surface area contributed by atoms with Gasteiger partial charge in [0.2, 0.25) is 5.91 Å². The topological polar surface area (TPSA) is 113 Å². The number of unbranched alkanes of at least 4 members (excludes halogenated alkanes) is 1. The maximum absolute atomic E-state index is 13.3. The van der Waals surface area contributed by atoms with E-state index in [9.17, 15) is 14.4 Å².